The number of halogens is 1. The summed E-state index contributed by atoms with van der Waals surface area (Å²) in [5.74, 6) is -0.622. The Labute approximate surface area is 200 Å². The number of hydrogen-bond acceptors (Lipinski definition) is 6. The third-order valence-electron chi connectivity index (χ3n) is 6.40. The van der Waals surface area contributed by atoms with E-state index in [2.05, 4.69) is 5.10 Å². The predicted molar refractivity (Wildman–Crippen MR) is 123 cm³/mol. The van der Waals surface area contributed by atoms with Crippen molar-refractivity contribution in [2.24, 2.45) is 0 Å². The molecule has 12 heteroatoms. The Morgan fingerprint density at radius 1 is 1.03 bits per heavy atom. The Morgan fingerprint density at radius 3 is 2.43 bits per heavy atom. The van der Waals surface area contributed by atoms with E-state index in [0.29, 0.717) is 11.4 Å². The summed E-state index contributed by atoms with van der Waals surface area (Å²) in [6.45, 7) is 0.478. The van der Waals surface area contributed by atoms with E-state index in [-0.39, 0.29) is 48.5 Å². The monoisotopic (exact) mass is 499 g/mol. The summed E-state index contributed by atoms with van der Waals surface area (Å²) in [7, 11) is -3.94. The van der Waals surface area contributed by atoms with Gasteiger partial charge in [-0.15, -0.1) is 0 Å². The average Bonchev–Trinajstić information content (AvgIpc) is 3.47. The Kier molecular flexibility index (Phi) is 5.85. The summed E-state index contributed by atoms with van der Waals surface area (Å²) in [5.41, 5.74) is 2.54. The van der Waals surface area contributed by atoms with Gasteiger partial charge in [-0.1, -0.05) is 6.07 Å². The van der Waals surface area contributed by atoms with Crippen LogP contribution in [0.15, 0.2) is 53.4 Å². The summed E-state index contributed by atoms with van der Waals surface area (Å²) >= 11 is 0. The fourth-order valence-electron chi connectivity index (χ4n) is 4.59. The van der Waals surface area contributed by atoms with Crippen LogP contribution in [0.2, 0.25) is 0 Å². The molecular formula is C23H22FN5O5S. The molecule has 3 aromatic rings. The molecule has 10 nitrogen and oxygen atoms in total. The number of fused-ring (bicyclic) bond motifs is 1. The smallest absolute Gasteiger partial charge is 0.274 e. The number of non-ortho nitro benzene ring substituents is 1. The van der Waals surface area contributed by atoms with E-state index in [0.717, 1.165) is 36.6 Å². The molecule has 0 atom stereocenters. The molecule has 35 heavy (non-hydrogen) atoms. The lowest BCUT2D eigenvalue weighted by molar-refractivity contribution is -0.385. The third-order valence-corrected chi connectivity index (χ3v) is 8.29. The van der Waals surface area contributed by atoms with E-state index in [1.165, 1.54) is 34.6 Å². The molecule has 1 aromatic heterocycles. The molecule has 1 aliphatic carbocycles. The number of hydrogen-bond donors (Lipinski definition) is 0. The van der Waals surface area contributed by atoms with Gasteiger partial charge in [0.25, 0.3) is 11.6 Å². The van der Waals surface area contributed by atoms with Gasteiger partial charge in [-0.05, 0) is 49.6 Å². The Hall–Kier alpha value is -3.64. The van der Waals surface area contributed by atoms with Gasteiger partial charge in [0.1, 0.15) is 5.82 Å². The summed E-state index contributed by atoms with van der Waals surface area (Å²) in [6, 6.07) is 10.9. The van der Waals surface area contributed by atoms with Crippen molar-refractivity contribution in [1.29, 1.82) is 0 Å². The molecule has 0 unspecified atom stereocenters. The lowest BCUT2D eigenvalue weighted by Gasteiger charge is -2.33. The summed E-state index contributed by atoms with van der Waals surface area (Å²) in [5, 5.41) is 15.6. The first-order valence-electron chi connectivity index (χ1n) is 11.2. The molecule has 1 aliphatic heterocycles. The number of nitrogens with zero attached hydrogens (tertiary/aromatic N) is 5. The fourth-order valence-corrected chi connectivity index (χ4v) is 6.06. The maximum atomic E-state index is 13.4. The number of nitro groups is 1. The van der Waals surface area contributed by atoms with E-state index in [4.69, 9.17) is 0 Å². The van der Waals surface area contributed by atoms with Gasteiger partial charge in [0, 0.05) is 49.6 Å². The van der Waals surface area contributed by atoms with Crippen LogP contribution in [0.5, 0.6) is 0 Å². The number of carbonyl (C=O) groups excluding carboxylic acids is 1. The zero-order valence-electron chi connectivity index (χ0n) is 18.6. The number of rotatable bonds is 5. The molecule has 182 valence electrons. The van der Waals surface area contributed by atoms with Gasteiger partial charge in [-0.25, -0.2) is 17.5 Å². The van der Waals surface area contributed by atoms with Gasteiger partial charge in [0.15, 0.2) is 5.69 Å². The zero-order valence-corrected chi connectivity index (χ0v) is 19.4. The highest BCUT2D eigenvalue weighted by atomic mass is 32.2. The molecule has 0 radical (unpaired) electrons. The molecule has 0 bridgehead atoms. The predicted octanol–water partition coefficient (Wildman–Crippen LogP) is 2.56. The molecule has 2 aromatic carbocycles. The van der Waals surface area contributed by atoms with Crippen molar-refractivity contribution in [2.45, 2.75) is 24.2 Å². The van der Waals surface area contributed by atoms with Crippen LogP contribution >= 0.6 is 0 Å². The number of piperazine rings is 1. The van der Waals surface area contributed by atoms with E-state index in [1.807, 2.05) is 0 Å². The minimum Gasteiger partial charge on any atom is -0.335 e. The number of sulfonamides is 1. The van der Waals surface area contributed by atoms with Crippen LogP contribution in [-0.2, 0) is 22.9 Å². The quantitative estimate of drug-likeness (QED) is 0.393. The Bertz CT molecular complexity index is 1410. The number of benzene rings is 2. The zero-order chi connectivity index (χ0) is 24.7. The molecular weight excluding hydrogens is 477 g/mol. The fraction of sp³-hybridized carbons (Fsp3) is 0.304. The number of aromatic nitrogens is 2. The topological polar surface area (TPSA) is 119 Å². The average molecular weight is 500 g/mol. The molecule has 1 fully saturated rings. The van der Waals surface area contributed by atoms with Crippen LogP contribution in [-0.4, -0.2) is 64.4 Å². The normalized spacial score (nSPS) is 16.3. The van der Waals surface area contributed by atoms with E-state index in [1.54, 1.807) is 21.7 Å². The molecule has 5 rings (SSSR count). The summed E-state index contributed by atoms with van der Waals surface area (Å²) in [4.78, 5) is 25.2. The lowest BCUT2D eigenvalue weighted by Crippen LogP contribution is -2.50. The molecule has 1 saturated heterocycles. The highest BCUT2D eigenvalue weighted by Gasteiger charge is 2.34. The standard InChI is InChI=1S/C23H22FN5O5S/c24-16-7-9-17(10-8-16)28-21-6-2-5-20(21)22(25-28)23(30)26-11-13-27(14-12-26)35(33,34)19-4-1-3-18(15-19)29(31)32/h1,3-4,7-10,15H,2,5-6,11-14H2. The molecule has 2 heterocycles. The highest BCUT2D eigenvalue weighted by Crippen LogP contribution is 2.29. The van der Waals surface area contributed by atoms with Crippen molar-refractivity contribution in [2.75, 3.05) is 26.2 Å². The Balaban J connectivity index is 1.34. The first-order valence-corrected chi connectivity index (χ1v) is 12.6. The lowest BCUT2D eigenvalue weighted by atomic mass is 10.1. The molecule has 2 aliphatic rings. The van der Waals surface area contributed by atoms with Crippen LogP contribution in [0.25, 0.3) is 5.69 Å². The van der Waals surface area contributed by atoms with Gasteiger partial charge in [-0.2, -0.15) is 9.40 Å². The van der Waals surface area contributed by atoms with Crippen molar-refractivity contribution in [3.05, 3.63) is 81.4 Å². The first kappa shape index (κ1) is 23.1. The minimum absolute atomic E-state index is 0.0671. The molecule has 0 N–H and O–H groups in total. The Morgan fingerprint density at radius 2 is 1.74 bits per heavy atom. The summed E-state index contributed by atoms with van der Waals surface area (Å²) < 4.78 is 42.3. The van der Waals surface area contributed by atoms with E-state index in [9.17, 15) is 27.7 Å². The highest BCUT2D eigenvalue weighted by molar-refractivity contribution is 7.89. The van der Waals surface area contributed by atoms with Crippen molar-refractivity contribution in [1.82, 2.24) is 19.0 Å². The maximum absolute atomic E-state index is 13.4. The second-order valence-electron chi connectivity index (χ2n) is 8.47. The third kappa shape index (κ3) is 4.19. The SMILES string of the molecule is O=C(c1nn(-c2ccc(F)cc2)c2c1CCC2)N1CCN(S(=O)(=O)c2cccc([N+](=O)[O-])c2)CC1. The van der Waals surface area contributed by atoms with Gasteiger partial charge in [-0.3, -0.25) is 14.9 Å². The number of carbonyl (C=O) groups is 1. The van der Waals surface area contributed by atoms with Crippen molar-refractivity contribution < 1.29 is 22.5 Å². The second-order valence-corrected chi connectivity index (χ2v) is 10.4. The van der Waals surface area contributed by atoms with Crippen LogP contribution in [0, 0.1) is 15.9 Å². The van der Waals surface area contributed by atoms with Gasteiger partial charge >= 0.3 is 0 Å². The largest absolute Gasteiger partial charge is 0.335 e. The number of amides is 1. The summed E-state index contributed by atoms with van der Waals surface area (Å²) in [6.07, 6.45) is 2.38. The van der Waals surface area contributed by atoms with Gasteiger partial charge in [0.2, 0.25) is 10.0 Å². The molecule has 1 amide bonds. The van der Waals surface area contributed by atoms with Crippen LogP contribution < -0.4 is 0 Å². The van der Waals surface area contributed by atoms with E-state index < -0.39 is 14.9 Å². The molecule has 0 spiro atoms. The van der Waals surface area contributed by atoms with E-state index >= 15 is 0 Å². The van der Waals surface area contributed by atoms with Crippen molar-refractivity contribution in [3.63, 3.8) is 0 Å². The first-order chi connectivity index (χ1) is 16.8. The van der Waals surface area contributed by atoms with Crippen LogP contribution in [0.4, 0.5) is 10.1 Å². The molecule has 0 saturated carbocycles. The maximum Gasteiger partial charge on any atom is 0.274 e. The van der Waals surface area contributed by atoms with Crippen molar-refractivity contribution in [3.8, 4) is 5.69 Å². The van der Waals surface area contributed by atoms with Crippen LogP contribution in [0.1, 0.15) is 28.2 Å². The second kappa shape index (κ2) is 8.86. The van der Waals surface area contributed by atoms with Crippen LogP contribution in [0.3, 0.4) is 0 Å². The number of nitro benzene ring substituents is 1. The van der Waals surface area contributed by atoms with Crippen molar-refractivity contribution >= 4 is 21.6 Å². The van der Waals surface area contributed by atoms with Gasteiger partial charge in [0.05, 0.1) is 15.5 Å². The minimum atomic E-state index is -3.94. The van der Waals surface area contributed by atoms with Gasteiger partial charge < -0.3 is 4.90 Å².